The lowest BCUT2D eigenvalue weighted by Crippen LogP contribution is -2.62. The molecule has 2 saturated heterocycles. The highest BCUT2D eigenvalue weighted by atomic mass is 16.7. The van der Waals surface area contributed by atoms with E-state index in [1.807, 2.05) is 0 Å². The van der Waals surface area contributed by atoms with Gasteiger partial charge < -0.3 is 55.1 Å². The van der Waals surface area contributed by atoms with Gasteiger partial charge in [-0.15, -0.1) is 0 Å². The third-order valence-corrected chi connectivity index (χ3v) is 4.62. The summed E-state index contributed by atoms with van der Waals surface area (Å²) in [6.07, 6.45) is -8.94. The zero-order chi connectivity index (χ0) is 18.8. The van der Waals surface area contributed by atoms with Crippen LogP contribution in [0.4, 0.5) is 0 Å². The minimum atomic E-state index is -2.28. The van der Waals surface area contributed by atoms with Crippen LogP contribution in [-0.2, 0) is 14.2 Å². The van der Waals surface area contributed by atoms with E-state index in [4.69, 9.17) is 24.4 Å². The number of ether oxygens (including phenoxy) is 3. The van der Waals surface area contributed by atoms with Crippen molar-refractivity contribution in [1.82, 2.24) is 0 Å². The lowest BCUT2D eigenvalue weighted by molar-refractivity contribution is -0.344. The maximum atomic E-state index is 10.1. The van der Waals surface area contributed by atoms with Gasteiger partial charge in [0.25, 0.3) is 0 Å². The topological polar surface area (TPSA) is 190 Å². The molecular weight excluding hydrogens is 344 g/mol. The maximum absolute atomic E-state index is 10.1. The third kappa shape index (κ3) is 3.96. The van der Waals surface area contributed by atoms with E-state index in [9.17, 15) is 30.6 Å². The molecule has 0 amide bonds. The first-order chi connectivity index (χ1) is 11.7. The zero-order valence-electron chi connectivity index (χ0n) is 13.5. The van der Waals surface area contributed by atoms with Crippen molar-refractivity contribution in [2.24, 2.45) is 0 Å². The summed E-state index contributed by atoms with van der Waals surface area (Å²) >= 11 is 0. The normalized spacial score (nSPS) is 48.0. The summed E-state index contributed by atoms with van der Waals surface area (Å²) < 4.78 is 15.8. The van der Waals surface area contributed by atoms with Gasteiger partial charge in [-0.1, -0.05) is 0 Å². The van der Waals surface area contributed by atoms with Gasteiger partial charge in [0.2, 0.25) is 5.79 Å². The van der Waals surface area contributed by atoms with E-state index in [1.165, 1.54) is 0 Å². The molecular formula is C14H26O11. The quantitative estimate of drug-likeness (QED) is 0.215. The van der Waals surface area contributed by atoms with Crippen LogP contribution in [-0.4, -0.2) is 115 Å². The predicted octanol–water partition coefficient (Wildman–Crippen LogP) is -4.61. The molecule has 25 heavy (non-hydrogen) atoms. The van der Waals surface area contributed by atoms with Gasteiger partial charge in [-0.05, 0) is 6.42 Å². The van der Waals surface area contributed by atoms with Gasteiger partial charge in [-0.3, -0.25) is 0 Å². The van der Waals surface area contributed by atoms with Crippen molar-refractivity contribution >= 4 is 0 Å². The SMILES string of the molecule is OCCC1(OCCC2OC(O)(CO)C(O)C2O)OCC(O)C(O)C1O. The molecule has 8 atom stereocenters. The molecule has 8 unspecified atom stereocenters. The molecule has 0 saturated carbocycles. The molecule has 11 nitrogen and oxygen atoms in total. The number of aliphatic hydroxyl groups excluding tert-OH is 7. The van der Waals surface area contributed by atoms with Gasteiger partial charge in [0.05, 0.1) is 25.9 Å². The Bertz CT molecular complexity index is 437. The first kappa shape index (κ1) is 20.9. The highest BCUT2D eigenvalue weighted by Gasteiger charge is 2.54. The second kappa shape index (κ2) is 8.06. The highest BCUT2D eigenvalue weighted by molar-refractivity contribution is 4.96. The zero-order valence-corrected chi connectivity index (χ0v) is 13.5. The average molecular weight is 370 g/mol. The molecule has 11 heteroatoms. The van der Waals surface area contributed by atoms with Crippen LogP contribution in [0, 0.1) is 0 Å². The highest BCUT2D eigenvalue weighted by Crippen LogP contribution is 2.33. The molecule has 2 aliphatic heterocycles. The largest absolute Gasteiger partial charge is 0.396 e. The van der Waals surface area contributed by atoms with E-state index in [1.54, 1.807) is 0 Å². The van der Waals surface area contributed by atoms with Crippen LogP contribution in [0.1, 0.15) is 12.8 Å². The van der Waals surface area contributed by atoms with Crippen LogP contribution >= 0.6 is 0 Å². The van der Waals surface area contributed by atoms with Gasteiger partial charge in [-0.25, -0.2) is 0 Å². The number of hydrogen-bond donors (Lipinski definition) is 8. The third-order valence-electron chi connectivity index (χ3n) is 4.62. The summed E-state index contributed by atoms with van der Waals surface area (Å²) in [6, 6.07) is 0. The van der Waals surface area contributed by atoms with Crippen LogP contribution in [0.5, 0.6) is 0 Å². The molecule has 148 valence electrons. The molecule has 0 aliphatic carbocycles. The molecule has 2 aliphatic rings. The van der Waals surface area contributed by atoms with E-state index in [0.717, 1.165) is 0 Å². The number of hydrogen-bond acceptors (Lipinski definition) is 11. The van der Waals surface area contributed by atoms with Gasteiger partial charge >= 0.3 is 0 Å². The summed E-state index contributed by atoms with van der Waals surface area (Å²) in [7, 11) is 0. The second-order valence-corrected chi connectivity index (χ2v) is 6.33. The molecule has 2 heterocycles. The fraction of sp³-hybridized carbons (Fsp3) is 1.00. The van der Waals surface area contributed by atoms with Crippen LogP contribution < -0.4 is 0 Å². The monoisotopic (exact) mass is 370 g/mol. The summed E-state index contributed by atoms with van der Waals surface area (Å²) in [5, 5.41) is 77.0. The smallest absolute Gasteiger partial charge is 0.219 e. The van der Waals surface area contributed by atoms with E-state index >= 15 is 0 Å². The molecule has 2 rings (SSSR count). The van der Waals surface area contributed by atoms with Crippen molar-refractivity contribution in [2.75, 3.05) is 26.4 Å². The Balaban J connectivity index is 1.96. The van der Waals surface area contributed by atoms with Crippen molar-refractivity contribution in [2.45, 2.75) is 61.0 Å². The van der Waals surface area contributed by atoms with Crippen LogP contribution in [0.3, 0.4) is 0 Å². The Morgan fingerprint density at radius 1 is 1.00 bits per heavy atom. The maximum Gasteiger partial charge on any atom is 0.219 e. The Morgan fingerprint density at radius 2 is 1.68 bits per heavy atom. The summed E-state index contributed by atoms with van der Waals surface area (Å²) in [4.78, 5) is 0. The van der Waals surface area contributed by atoms with Crippen molar-refractivity contribution < 1.29 is 55.1 Å². The predicted molar refractivity (Wildman–Crippen MR) is 77.9 cm³/mol. The summed E-state index contributed by atoms with van der Waals surface area (Å²) in [5.74, 6) is -4.04. The van der Waals surface area contributed by atoms with Crippen LogP contribution in [0.15, 0.2) is 0 Å². The van der Waals surface area contributed by atoms with Crippen LogP contribution in [0.25, 0.3) is 0 Å². The minimum absolute atomic E-state index is 0.0531. The molecule has 0 radical (unpaired) electrons. The first-order valence-corrected chi connectivity index (χ1v) is 8.01. The average Bonchev–Trinajstić information content (AvgIpc) is 2.81. The molecule has 0 aromatic rings. The van der Waals surface area contributed by atoms with Crippen LogP contribution in [0.2, 0.25) is 0 Å². The fourth-order valence-corrected chi connectivity index (χ4v) is 3.04. The lowest BCUT2D eigenvalue weighted by atomic mass is 9.94. The summed E-state index contributed by atoms with van der Waals surface area (Å²) in [6.45, 7) is -1.85. The van der Waals surface area contributed by atoms with E-state index < -0.39 is 61.4 Å². The van der Waals surface area contributed by atoms with Gasteiger partial charge in [0, 0.05) is 13.0 Å². The van der Waals surface area contributed by atoms with E-state index in [2.05, 4.69) is 0 Å². The van der Waals surface area contributed by atoms with Gasteiger partial charge in [0.1, 0.15) is 30.5 Å². The minimum Gasteiger partial charge on any atom is -0.396 e. The first-order valence-electron chi connectivity index (χ1n) is 8.01. The van der Waals surface area contributed by atoms with E-state index in [-0.39, 0.29) is 26.1 Å². The summed E-state index contributed by atoms with van der Waals surface area (Å²) in [5.41, 5.74) is 0. The number of aliphatic hydroxyl groups is 8. The van der Waals surface area contributed by atoms with Crippen molar-refractivity contribution in [3.63, 3.8) is 0 Å². The van der Waals surface area contributed by atoms with Crippen molar-refractivity contribution in [1.29, 1.82) is 0 Å². The van der Waals surface area contributed by atoms with Gasteiger partial charge in [-0.2, -0.15) is 0 Å². The molecule has 0 bridgehead atoms. The molecule has 0 spiro atoms. The van der Waals surface area contributed by atoms with Gasteiger partial charge in [0.15, 0.2) is 5.79 Å². The molecule has 8 N–H and O–H groups in total. The van der Waals surface area contributed by atoms with Crippen molar-refractivity contribution in [3.8, 4) is 0 Å². The Morgan fingerprint density at radius 3 is 2.24 bits per heavy atom. The molecule has 0 aromatic carbocycles. The Labute approximate surface area is 143 Å². The van der Waals surface area contributed by atoms with Crippen molar-refractivity contribution in [3.05, 3.63) is 0 Å². The number of rotatable bonds is 7. The van der Waals surface area contributed by atoms with E-state index in [0.29, 0.717) is 0 Å². The molecule has 0 aromatic heterocycles. The standard InChI is InChI=1S/C14H26O11/c15-3-2-14(12(21)9(18)7(17)5-24-14)23-4-1-8-10(19)11(20)13(22,6-16)25-8/h7-12,15-22H,1-6H2. The molecule has 2 fully saturated rings. The second-order valence-electron chi connectivity index (χ2n) is 6.33. The Kier molecular flexibility index (Phi) is 6.73. The Hall–Kier alpha value is -0.440. The fourth-order valence-electron chi connectivity index (χ4n) is 3.04. The lowest BCUT2D eigenvalue weighted by Gasteiger charge is -2.44.